The minimum Gasteiger partial charge on any atom is -0.494 e. The zero-order chi connectivity index (χ0) is 11.7. The predicted molar refractivity (Wildman–Crippen MR) is 57.9 cm³/mol. The van der Waals surface area contributed by atoms with E-state index >= 15 is 0 Å². The van der Waals surface area contributed by atoms with Gasteiger partial charge in [0, 0.05) is 7.05 Å². The fourth-order valence-corrected chi connectivity index (χ4v) is 1.43. The molecule has 0 N–H and O–H groups in total. The molecule has 0 aliphatic heterocycles. The summed E-state index contributed by atoms with van der Waals surface area (Å²) in [5, 5.41) is 7.43. The summed E-state index contributed by atoms with van der Waals surface area (Å²) in [5.41, 5.74) is 1.32. The van der Waals surface area contributed by atoms with Crippen LogP contribution in [-0.4, -0.2) is 26.9 Å². The van der Waals surface area contributed by atoms with Crippen LogP contribution in [0.1, 0.15) is 5.56 Å². The summed E-state index contributed by atoms with van der Waals surface area (Å²) in [6, 6.07) is 5.53. The number of benzene rings is 1. The molecule has 84 valence electrons. The third kappa shape index (κ3) is 1.58. The molecule has 2 aromatic rings. The first kappa shape index (κ1) is 10.4. The summed E-state index contributed by atoms with van der Waals surface area (Å²) in [5.74, 6) is 0.591. The number of hydrogen-bond acceptors (Lipinski definition) is 4. The van der Waals surface area contributed by atoms with Crippen molar-refractivity contribution in [3.63, 3.8) is 0 Å². The van der Waals surface area contributed by atoms with E-state index in [1.165, 1.54) is 9.36 Å². The molecule has 6 nitrogen and oxygen atoms in total. The summed E-state index contributed by atoms with van der Waals surface area (Å²) < 4.78 is 7.56. The van der Waals surface area contributed by atoms with E-state index in [-0.39, 0.29) is 5.69 Å². The van der Waals surface area contributed by atoms with Crippen molar-refractivity contribution in [1.82, 2.24) is 19.8 Å². The normalized spacial score (nSPS) is 10.4. The number of hydrogen-bond donors (Lipinski definition) is 0. The molecule has 0 aliphatic rings. The molecule has 0 fully saturated rings. The molecule has 0 bridgehead atoms. The summed E-state index contributed by atoms with van der Waals surface area (Å²) in [7, 11) is 3.10. The van der Waals surface area contributed by atoms with Crippen molar-refractivity contribution in [1.29, 1.82) is 0 Å². The molecule has 0 spiro atoms. The number of aromatic nitrogens is 4. The van der Waals surface area contributed by atoms with E-state index < -0.39 is 0 Å². The molecule has 0 atom stereocenters. The lowest BCUT2D eigenvalue weighted by molar-refractivity contribution is 0.411. The van der Waals surface area contributed by atoms with Gasteiger partial charge in [0.2, 0.25) is 0 Å². The van der Waals surface area contributed by atoms with Crippen molar-refractivity contribution < 1.29 is 4.74 Å². The molecule has 1 aromatic carbocycles. The Balaban J connectivity index is 2.67. The van der Waals surface area contributed by atoms with Crippen LogP contribution in [0.3, 0.4) is 0 Å². The lowest BCUT2D eigenvalue weighted by atomic mass is 10.2. The maximum absolute atomic E-state index is 11.7. The Labute approximate surface area is 92.1 Å². The molecule has 1 aromatic heterocycles. The van der Waals surface area contributed by atoms with E-state index in [2.05, 4.69) is 10.4 Å². The quantitative estimate of drug-likeness (QED) is 0.729. The van der Waals surface area contributed by atoms with Gasteiger partial charge >= 0.3 is 5.69 Å². The molecule has 16 heavy (non-hydrogen) atoms. The third-order valence-corrected chi connectivity index (χ3v) is 2.28. The maximum atomic E-state index is 11.7. The topological polar surface area (TPSA) is 61.9 Å². The van der Waals surface area contributed by atoms with Crippen LogP contribution in [-0.2, 0) is 7.05 Å². The molecule has 0 radical (unpaired) electrons. The van der Waals surface area contributed by atoms with E-state index in [1.54, 1.807) is 20.2 Å². The Morgan fingerprint density at radius 3 is 2.62 bits per heavy atom. The molecule has 1 heterocycles. The smallest absolute Gasteiger partial charge is 0.368 e. The Morgan fingerprint density at radius 1 is 1.31 bits per heavy atom. The van der Waals surface area contributed by atoms with E-state index in [9.17, 15) is 4.79 Å². The number of ether oxygens (including phenoxy) is 1. The fourth-order valence-electron chi connectivity index (χ4n) is 1.43. The molecule has 0 aliphatic carbocycles. The van der Waals surface area contributed by atoms with Crippen molar-refractivity contribution in [2.24, 2.45) is 7.05 Å². The molecule has 0 saturated heterocycles. The van der Waals surface area contributed by atoms with Crippen LogP contribution in [0.25, 0.3) is 5.69 Å². The highest BCUT2D eigenvalue weighted by molar-refractivity contribution is 5.47. The number of nitrogens with zero attached hydrogens (tertiary/aromatic N) is 4. The van der Waals surface area contributed by atoms with Crippen LogP contribution in [0.5, 0.6) is 5.75 Å². The summed E-state index contributed by atoms with van der Waals surface area (Å²) in [4.78, 5) is 11.7. The van der Waals surface area contributed by atoms with Crippen molar-refractivity contribution in [2.75, 3.05) is 7.11 Å². The zero-order valence-corrected chi connectivity index (χ0v) is 9.34. The largest absolute Gasteiger partial charge is 0.494 e. The third-order valence-electron chi connectivity index (χ3n) is 2.28. The van der Waals surface area contributed by atoms with Crippen molar-refractivity contribution in [3.05, 3.63) is 34.2 Å². The van der Waals surface area contributed by atoms with E-state index in [1.807, 2.05) is 19.1 Å². The lowest BCUT2D eigenvalue weighted by Crippen LogP contribution is -2.22. The average Bonchev–Trinajstić information content (AvgIpc) is 2.60. The molecule has 2 rings (SSSR count). The Kier molecular flexibility index (Phi) is 2.47. The Hall–Kier alpha value is -2.11. The second-order valence-electron chi connectivity index (χ2n) is 3.47. The highest BCUT2D eigenvalue weighted by Gasteiger charge is 2.11. The van der Waals surface area contributed by atoms with Gasteiger partial charge in [-0.05, 0) is 35.0 Å². The molecule has 6 heteroatoms. The predicted octanol–water partition coefficient (Wildman–Crippen LogP) is 0.283. The number of methoxy groups -OCH3 is 1. The lowest BCUT2D eigenvalue weighted by Gasteiger charge is -2.07. The Bertz CT molecular complexity index is 570. The number of aryl methyl sites for hydroxylation is 2. The van der Waals surface area contributed by atoms with Crippen LogP contribution in [0.4, 0.5) is 0 Å². The Morgan fingerprint density at radius 2 is 2.06 bits per heavy atom. The first-order valence-electron chi connectivity index (χ1n) is 4.77. The van der Waals surface area contributed by atoms with E-state index in [0.717, 1.165) is 5.56 Å². The number of tetrazole rings is 1. The van der Waals surface area contributed by atoms with Gasteiger partial charge < -0.3 is 4.74 Å². The monoisotopic (exact) mass is 220 g/mol. The van der Waals surface area contributed by atoms with Crippen LogP contribution in [0, 0.1) is 6.92 Å². The van der Waals surface area contributed by atoms with Gasteiger partial charge in [-0.2, -0.15) is 9.36 Å². The maximum Gasteiger partial charge on any atom is 0.368 e. The number of rotatable bonds is 2. The first-order chi connectivity index (χ1) is 7.63. The van der Waals surface area contributed by atoms with Gasteiger partial charge in [-0.3, -0.25) is 0 Å². The van der Waals surface area contributed by atoms with Gasteiger partial charge in [-0.1, -0.05) is 6.07 Å². The van der Waals surface area contributed by atoms with Gasteiger partial charge in [0.1, 0.15) is 11.4 Å². The fraction of sp³-hybridized carbons (Fsp3) is 0.300. The van der Waals surface area contributed by atoms with Gasteiger partial charge in [-0.25, -0.2) is 4.79 Å². The minimum absolute atomic E-state index is 0.302. The standard InChI is InChI=1S/C10H12N4O2/c1-7-4-5-9(16-3)8(6-7)14-10(15)13(2)11-12-14/h4-6H,1-3H3. The molecule has 0 saturated carbocycles. The zero-order valence-electron chi connectivity index (χ0n) is 9.34. The van der Waals surface area contributed by atoms with Crippen LogP contribution < -0.4 is 10.4 Å². The van der Waals surface area contributed by atoms with Gasteiger partial charge in [0.25, 0.3) is 0 Å². The van der Waals surface area contributed by atoms with Gasteiger partial charge in [-0.15, -0.1) is 0 Å². The van der Waals surface area contributed by atoms with Crippen LogP contribution in [0.15, 0.2) is 23.0 Å². The second-order valence-corrected chi connectivity index (χ2v) is 3.47. The highest BCUT2D eigenvalue weighted by atomic mass is 16.5. The van der Waals surface area contributed by atoms with Gasteiger partial charge in [0.05, 0.1) is 7.11 Å². The second kappa shape index (κ2) is 3.80. The van der Waals surface area contributed by atoms with Gasteiger partial charge in [0.15, 0.2) is 0 Å². The summed E-state index contributed by atoms with van der Waals surface area (Å²) >= 11 is 0. The van der Waals surface area contributed by atoms with Crippen LogP contribution >= 0.6 is 0 Å². The molecule has 0 amide bonds. The van der Waals surface area contributed by atoms with E-state index in [4.69, 9.17) is 4.74 Å². The average molecular weight is 220 g/mol. The van der Waals surface area contributed by atoms with Crippen molar-refractivity contribution in [3.8, 4) is 11.4 Å². The van der Waals surface area contributed by atoms with Crippen LogP contribution in [0.2, 0.25) is 0 Å². The molecular formula is C10H12N4O2. The minimum atomic E-state index is -0.302. The summed E-state index contributed by atoms with van der Waals surface area (Å²) in [6.07, 6.45) is 0. The van der Waals surface area contributed by atoms with E-state index in [0.29, 0.717) is 11.4 Å². The molecular weight excluding hydrogens is 208 g/mol. The molecule has 0 unspecified atom stereocenters. The highest BCUT2D eigenvalue weighted by Crippen LogP contribution is 2.21. The van der Waals surface area contributed by atoms with Crippen molar-refractivity contribution >= 4 is 0 Å². The first-order valence-corrected chi connectivity index (χ1v) is 4.77. The van der Waals surface area contributed by atoms with Crippen molar-refractivity contribution in [2.45, 2.75) is 6.92 Å². The SMILES string of the molecule is COc1ccc(C)cc1-n1nnn(C)c1=O. The summed E-state index contributed by atoms with van der Waals surface area (Å²) in [6.45, 7) is 1.93.